The Labute approximate surface area is 125 Å². The summed E-state index contributed by atoms with van der Waals surface area (Å²) < 4.78 is 6.63. The number of benzene rings is 1. The highest BCUT2D eigenvalue weighted by atomic mass is 32.2. The van der Waals surface area contributed by atoms with Gasteiger partial charge in [0.2, 0.25) is 0 Å². The Balaban J connectivity index is 1.69. The maximum Gasteiger partial charge on any atom is 0.280 e. The zero-order valence-corrected chi connectivity index (χ0v) is 12.9. The number of hydrogen-bond acceptors (Lipinski definition) is 5. The highest BCUT2D eigenvalue weighted by Gasteiger charge is 2.34. The van der Waals surface area contributed by atoms with E-state index in [4.69, 9.17) is 4.74 Å². The molecule has 0 unspecified atom stereocenters. The number of para-hydroxylation sites is 1. The van der Waals surface area contributed by atoms with E-state index in [0.29, 0.717) is 11.6 Å². The first-order valence-corrected chi connectivity index (χ1v) is 8.46. The Hall–Kier alpha value is -1.11. The van der Waals surface area contributed by atoms with Crippen LogP contribution >= 0.6 is 23.1 Å². The van der Waals surface area contributed by atoms with Gasteiger partial charge in [-0.05, 0) is 24.3 Å². The van der Waals surface area contributed by atoms with Gasteiger partial charge in [-0.1, -0.05) is 12.1 Å². The molecule has 1 aliphatic rings. The number of rotatable bonds is 4. The van der Waals surface area contributed by atoms with E-state index < -0.39 is 0 Å². The normalized spacial score (nSPS) is 22.2. The molecular weight excluding hydrogens is 292 g/mol. The lowest BCUT2D eigenvalue weighted by Gasteiger charge is -2.26. The third-order valence-corrected chi connectivity index (χ3v) is 5.82. The maximum atomic E-state index is 12.2. The number of aromatic nitrogens is 1. The predicted octanol–water partition coefficient (Wildman–Crippen LogP) is 2.55. The maximum absolute atomic E-state index is 12.2. The van der Waals surface area contributed by atoms with E-state index in [1.807, 2.05) is 36.0 Å². The Morgan fingerprint density at radius 1 is 1.50 bits per heavy atom. The molecule has 1 atom stereocenters. The van der Waals surface area contributed by atoms with Crippen LogP contribution in [0, 0.1) is 0 Å². The molecule has 0 aliphatic carbocycles. The molecule has 0 saturated carbocycles. The number of hydrogen-bond donors (Lipinski definition) is 1. The van der Waals surface area contributed by atoms with Crippen LogP contribution in [-0.2, 0) is 4.74 Å². The van der Waals surface area contributed by atoms with Crippen molar-refractivity contribution in [1.29, 1.82) is 0 Å². The fraction of sp³-hybridized carbons (Fsp3) is 0.429. The van der Waals surface area contributed by atoms with Gasteiger partial charge in [-0.2, -0.15) is 11.8 Å². The molecule has 2 heterocycles. The molecular formula is C14H16N2O2S2. The molecule has 1 fully saturated rings. The molecule has 2 aromatic rings. The zero-order chi connectivity index (χ0) is 14.0. The van der Waals surface area contributed by atoms with E-state index in [0.717, 1.165) is 28.1 Å². The van der Waals surface area contributed by atoms with Crippen molar-refractivity contribution >= 4 is 39.2 Å². The van der Waals surface area contributed by atoms with Gasteiger partial charge in [0.15, 0.2) is 5.01 Å². The van der Waals surface area contributed by atoms with Crippen LogP contribution in [-0.4, -0.2) is 41.7 Å². The third-order valence-electron chi connectivity index (χ3n) is 3.56. The first kappa shape index (κ1) is 13.9. The van der Waals surface area contributed by atoms with Crippen LogP contribution < -0.4 is 5.32 Å². The van der Waals surface area contributed by atoms with Crippen molar-refractivity contribution in [3.8, 4) is 0 Å². The van der Waals surface area contributed by atoms with Gasteiger partial charge in [0.05, 0.1) is 15.8 Å². The van der Waals surface area contributed by atoms with Gasteiger partial charge in [-0.25, -0.2) is 4.98 Å². The Morgan fingerprint density at radius 3 is 3.05 bits per heavy atom. The topological polar surface area (TPSA) is 51.2 Å². The summed E-state index contributed by atoms with van der Waals surface area (Å²) in [4.78, 5) is 16.6. The Kier molecular flexibility index (Phi) is 3.96. The molecule has 1 N–H and O–H groups in total. The quantitative estimate of drug-likeness (QED) is 0.943. The number of thiazole rings is 1. The summed E-state index contributed by atoms with van der Waals surface area (Å²) in [7, 11) is 1.72. The monoisotopic (exact) mass is 308 g/mol. The number of methoxy groups -OCH3 is 1. The molecule has 1 saturated heterocycles. The molecule has 1 aromatic heterocycles. The van der Waals surface area contributed by atoms with E-state index in [1.54, 1.807) is 7.11 Å². The number of carbonyl (C=O) groups is 1. The number of ether oxygens (including phenoxy) is 1. The van der Waals surface area contributed by atoms with E-state index in [9.17, 15) is 4.79 Å². The number of nitrogens with zero attached hydrogens (tertiary/aromatic N) is 1. The molecule has 6 heteroatoms. The zero-order valence-electron chi connectivity index (χ0n) is 11.2. The van der Waals surface area contributed by atoms with E-state index >= 15 is 0 Å². The van der Waals surface area contributed by atoms with Gasteiger partial charge >= 0.3 is 0 Å². The Bertz CT molecular complexity index is 587. The van der Waals surface area contributed by atoms with Crippen molar-refractivity contribution in [3.63, 3.8) is 0 Å². The van der Waals surface area contributed by atoms with E-state index in [1.165, 1.54) is 11.3 Å². The SMILES string of the molecule is CO[C@]1(CNC(=O)c2nc3ccccc3s2)CCSC1. The highest BCUT2D eigenvalue weighted by Crippen LogP contribution is 2.30. The first-order valence-electron chi connectivity index (χ1n) is 6.49. The van der Waals surface area contributed by atoms with E-state index in [-0.39, 0.29) is 11.5 Å². The number of nitrogens with one attached hydrogen (secondary N) is 1. The summed E-state index contributed by atoms with van der Waals surface area (Å²) in [5.74, 6) is 1.91. The predicted molar refractivity (Wildman–Crippen MR) is 83.6 cm³/mol. The molecule has 20 heavy (non-hydrogen) atoms. The van der Waals surface area contributed by atoms with Gasteiger partial charge in [0.25, 0.3) is 5.91 Å². The van der Waals surface area contributed by atoms with Crippen LogP contribution in [0.4, 0.5) is 0 Å². The number of thioether (sulfide) groups is 1. The van der Waals surface area contributed by atoms with Crippen LogP contribution in [0.1, 0.15) is 16.2 Å². The summed E-state index contributed by atoms with van der Waals surface area (Å²) in [5, 5.41) is 3.48. The molecule has 1 aromatic carbocycles. The van der Waals surface area contributed by atoms with Crippen molar-refractivity contribution in [3.05, 3.63) is 29.3 Å². The van der Waals surface area contributed by atoms with Gasteiger partial charge in [0, 0.05) is 19.4 Å². The smallest absolute Gasteiger partial charge is 0.280 e. The minimum atomic E-state index is -0.211. The van der Waals surface area contributed by atoms with Crippen molar-refractivity contribution in [2.75, 3.05) is 25.2 Å². The average Bonchev–Trinajstić information content (AvgIpc) is 3.12. The summed E-state index contributed by atoms with van der Waals surface area (Å²) in [6, 6.07) is 7.79. The fourth-order valence-electron chi connectivity index (χ4n) is 2.25. The lowest BCUT2D eigenvalue weighted by atomic mass is 10.0. The minimum Gasteiger partial charge on any atom is -0.376 e. The molecule has 3 rings (SSSR count). The largest absolute Gasteiger partial charge is 0.376 e. The molecule has 106 valence electrons. The van der Waals surface area contributed by atoms with Crippen molar-refractivity contribution in [1.82, 2.24) is 10.3 Å². The average molecular weight is 308 g/mol. The fourth-order valence-corrected chi connectivity index (χ4v) is 4.53. The van der Waals surface area contributed by atoms with Crippen LogP contribution in [0.5, 0.6) is 0 Å². The summed E-state index contributed by atoms with van der Waals surface area (Å²) in [6.45, 7) is 0.547. The summed E-state index contributed by atoms with van der Waals surface area (Å²) >= 11 is 3.29. The lowest BCUT2D eigenvalue weighted by Crippen LogP contribution is -2.44. The second kappa shape index (κ2) is 5.71. The number of carbonyl (C=O) groups excluding carboxylic acids is 1. The molecule has 1 aliphatic heterocycles. The molecule has 0 bridgehead atoms. The van der Waals surface area contributed by atoms with Crippen LogP contribution in [0.2, 0.25) is 0 Å². The van der Waals surface area contributed by atoms with Crippen molar-refractivity contribution < 1.29 is 9.53 Å². The van der Waals surface area contributed by atoms with Crippen molar-refractivity contribution in [2.24, 2.45) is 0 Å². The number of fused-ring (bicyclic) bond motifs is 1. The second-order valence-electron chi connectivity index (χ2n) is 4.86. The molecule has 0 radical (unpaired) electrons. The Morgan fingerprint density at radius 2 is 2.35 bits per heavy atom. The van der Waals surface area contributed by atoms with Crippen LogP contribution in [0.3, 0.4) is 0 Å². The van der Waals surface area contributed by atoms with Gasteiger partial charge in [-0.15, -0.1) is 11.3 Å². The standard InChI is InChI=1S/C14H16N2O2S2/c1-18-14(6-7-19-9-14)8-15-12(17)13-16-10-4-2-3-5-11(10)20-13/h2-5H,6-9H2,1H3,(H,15,17)/t14-/m0/s1. The van der Waals surface area contributed by atoms with E-state index in [2.05, 4.69) is 10.3 Å². The van der Waals surface area contributed by atoms with Crippen LogP contribution in [0.15, 0.2) is 24.3 Å². The summed E-state index contributed by atoms with van der Waals surface area (Å²) in [6.07, 6.45) is 0.980. The summed E-state index contributed by atoms with van der Waals surface area (Å²) in [5.41, 5.74) is 0.664. The molecule has 0 spiro atoms. The first-order chi connectivity index (χ1) is 9.72. The lowest BCUT2D eigenvalue weighted by molar-refractivity contribution is 0.0137. The number of amides is 1. The minimum absolute atomic E-state index is 0.112. The highest BCUT2D eigenvalue weighted by molar-refractivity contribution is 7.99. The molecule has 1 amide bonds. The van der Waals surface area contributed by atoms with Gasteiger partial charge in [0.1, 0.15) is 0 Å². The van der Waals surface area contributed by atoms with Crippen LogP contribution in [0.25, 0.3) is 10.2 Å². The third kappa shape index (κ3) is 2.68. The van der Waals surface area contributed by atoms with Gasteiger partial charge < -0.3 is 10.1 Å². The van der Waals surface area contributed by atoms with Crippen molar-refractivity contribution in [2.45, 2.75) is 12.0 Å². The second-order valence-corrected chi connectivity index (χ2v) is 6.99. The van der Waals surface area contributed by atoms with Gasteiger partial charge in [-0.3, -0.25) is 4.79 Å². The molecule has 4 nitrogen and oxygen atoms in total.